The van der Waals surface area contributed by atoms with Gasteiger partial charge in [-0.05, 0) is 31.2 Å². The van der Waals surface area contributed by atoms with Crippen molar-refractivity contribution >= 4 is 11.9 Å². The first kappa shape index (κ1) is 22.2. The van der Waals surface area contributed by atoms with Crippen LogP contribution in [0.25, 0.3) is 0 Å². The Morgan fingerprint density at radius 2 is 1.21 bits per heavy atom. The number of carboxylic acids is 2. The van der Waals surface area contributed by atoms with E-state index in [-0.39, 0.29) is 12.8 Å². The van der Waals surface area contributed by atoms with E-state index >= 15 is 0 Å². The Morgan fingerprint density at radius 3 is 1.62 bits per heavy atom. The van der Waals surface area contributed by atoms with E-state index in [4.69, 9.17) is 10.2 Å². The van der Waals surface area contributed by atoms with Crippen LogP contribution in [0.3, 0.4) is 0 Å². The van der Waals surface area contributed by atoms with E-state index in [0.717, 1.165) is 38.5 Å². The molecule has 136 valence electrons. The first-order chi connectivity index (χ1) is 11.6. The van der Waals surface area contributed by atoms with Gasteiger partial charge >= 0.3 is 11.9 Å². The number of hydrogen-bond acceptors (Lipinski definition) is 2. The van der Waals surface area contributed by atoms with Crippen LogP contribution in [0.5, 0.6) is 0 Å². The minimum atomic E-state index is -0.740. The normalized spacial score (nSPS) is 9.88. The van der Waals surface area contributed by atoms with E-state index in [1.165, 1.54) is 24.8 Å². The number of rotatable bonds is 12. The molecule has 1 aromatic carbocycles. The smallest absolute Gasteiger partial charge is 0.303 e. The van der Waals surface area contributed by atoms with E-state index in [0.29, 0.717) is 0 Å². The van der Waals surface area contributed by atoms with Gasteiger partial charge in [0.15, 0.2) is 0 Å². The minimum absolute atomic E-state index is 0.245. The van der Waals surface area contributed by atoms with Gasteiger partial charge in [0.2, 0.25) is 0 Å². The summed E-state index contributed by atoms with van der Waals surface area (Å²) in [6.07, 6.45) is 9.65. The monoisotopic (exact) mass is 336 g/mol. The minimum Gasteiger partial charge on any atom is -0.481 e. The Kier molecular flexibility index (Phi) is 14.8. The number of aliphatic carboxylic acids is 2. The molecule has 1 rings (SSSR count). The van der Waals surface area contributed by atoms with Gasteiger partial charge in [-0.15, -0.1) is 0 Å². The molecule has 0 aromatic heterocycles. The van der Waals surface area contributed by atoms with Crippen molar-refractivity contribution in [2.45, 2.75) is 77.6 Å². The van der Waals surface area contributed by atoms with E-state index in [1.54, 1.807) is 0 Å². The van der Waals surface area contributed by atoms with Gasteiger partial charge in [-0.2, -0.15) is 0 Å². The lowest BCUT2D eigenvalue weighted by atomic mass is 10.1. The Morgan fingerprint density at radius 1 is 0.750 bits per heavy atom. The summed E-state index contributed by atoms with van der Waals surface area (Å²) in [7, 11) is 0. The Balaban J connectivity index is 0.000000463. The molecule has 4 nitrogen and oxygen atoms in total. The fourth-order valence-corrected chi connectivity index (χ4v) is 2.29. The third-order valence-corrected chi connectivity index (χ3v) is 3.69. The average Bonchev–Trinajstić information content (AvgIpc) is 2.56. The average molecular weight is 336 g/mol. The summed E-state index contributed by atoms with van der Waals surface area (Å²) in [5.41, 5.74) is 1.46. The summed E-state index contributed by atoms with van der Waals surface area (Å²) in [4.78, 5) is 20.3. The highest BCUT2D eigenvalue weighted by Crippen LogP contribution is 2.08. The Hall–Kier alpha value is -1.84. The summed E-state index contributed by atoms with van der Waals surface area (Å²) >= 11 is 0. The second kappa shape index (κ2) is 16.0. The van der Waals surface area contributed by atoms with Gasteiger partial charge in [-0.1, -0.05) is 69.4 Å². The number of benzene rings is 1. The highest BCUT2D eigenvalue weighted by atomic mass is 16.4. The second-order valence-electron chi connectivity index (χ2n) is 6.00. The standard InChI is InChI=1S/C10H18O4.C10H14/c11-9(12)7-5-3-1-2-4-6-8-10(13)14;1-2-3-7-10-8-5-4-6-9-10/h1-8H2,(H,11,12)(H,13,14);4-6,8-9H,2-3,7H2,1H3. The second-order valence-corrected chi connectivity index (χ2v) is 6.00. The van der Waals surface area contributed by atoms with Crippen LogP contribution in [-0.2, 0) is 16.0 Å². The summed E-state index contributed by atoms with van der Waals surface area (Å²) in [6.45, 7) is 2.23. The van der Waals surface area contributed by atoms with Crippen LogP contribution in [0.2, 0.25) is 0 Å². The molecule has 0 atom stereocenters. The zero-order valence-corrected chi connectivity index (χ0v) is 14.9. The number of carbonyl (C=O) groups is 2. The van der Waals surface area contributed by atoms with Gasteiger partial charge in [0.05, 0.1) is 0 Å². The zero-order chi connectivity index (χ0) is 18.0. The van der Waals surface area contributed by atoms with Crippen LogP contribution in [0.1, 0.15) is 76.7 Å². The van der Waals surface area contributed by atoms with Crippen molar-refractivity contribution in [3.05, 3.63) is 35.9 Å². The van der Waals surface area contributed by atoms with Crippen LogP contribution in [-0.4, -0.2) is 22.2 Å². The fourth-order valence-electron chi connectivity index (χ4n) is 2.29. The molecule has 0 fully saturated rings. The van der Waals surface area contributed by atoms with Crippen molar-refractivity contribution < 1.29 is 19.8 Å². The van der Waals surface area contributed by atoms with Crippen molar-refractivity contribution in [2.75, 3.05) is 0 Å². The number of aryl methyl sites for hydroxylation is 1. The first-order valence-electron chi connectivity index (χ1n) is 9.03. The molecular weight excluding hydrogens is 304 g/mol. The maximum Gasteiger partial charge on any atom is 0.303 e. The predicted octanol–water partition coefficient (Wildman–Crippen LogP) is 5.31. The molecule has 0 spiro atoms. The lowest BCUT2D eigenvalue weighted by Crippen LogP contribution is -1.94. The van der Waals surface area contributed by atoms with Crippen LogP contribution in [0.15, 0.2) is 30.3 Å². The van der Waals surface area contributed by atoms with Gasteiger partial charge in [-0.25, -0.2) is 0 Å². The van der Waals surface area contributed by atoms with E-state index in [2.05, 4.69) is 37.3 Å². The molecule has 0 saturated carbocycles. The summed E-state index contributed by atoms with van der Waals surface area (Å²) in [6, 6.07) is 10.6. The molecule has 0 aliphatic heterocycles. The SMILES string of the molecule is CCCCc1ccccc1.O=C(O)CCCCCCCCC(=O)O. The molecule has 1 aromatic rings. The maximum atomic E-state index is 10.1. The quantitative estimate of drug-likeness (QED) is 0.507. The molecule has 0 heterocycles. The fraction of sp³-hybridized carbons (Fsp3) is 0.600. The molecule has 0 aliphatic rings. The van der Waals surface area contributed by atoms with Gasteiger partial charge in [0.1, 0.15) is 0 Å². The lowest BCUT2D eigenvalue weighted by Gasteiger charge is -1.98. The number of unbranched alkanes of at least 4 members (excludes halogenated alkanes) is 6. The van der Waals surface area contributed by atoms with Crippen LogP contribution in [0.4, 0.5) is 0 Å². The Labute approximate surface area is 145 Å². The predicted molar refractivity (Wildman–Crippen MR) is 97.3 cm³/mol. The molecule has 4 heteroatoms. The van der Waals surface area contributed by atoms with Gasteiger partial charge < -0.3 is 10.2 Å². The van der Waals surface area contributed by atoms with Crippen molar-refractivity contribution in [3.8, 4) is 0 Å². The van der Waals surface area contributed by atoms with E-state index in [9.17, 15) is 9.59 Å². The highest BCUT2D eigenvalue weighted by molar-refractivity contribution is 5.66. The first-order valence-corrected chi connectivity index (χ1v) is 9.03. The molecule has 2 N–H and O–H groups in total. The van der Waals surface area contributed by atoms with Gasteiger partial charge in [0, 0.05) is 12.8 Å². The third kappa shape index (κ3) is 16.5. The molecule has 0 saturated heterocycles. The largest absolute Gasteiger partial charge is 0.481 e. The summed E-state index contributed by atoms with van der Waals surface area (Å²) in [5.74, 6) is -1.48. The summed E-state index contributed by atoms with van der Waals surface area (Å²) < 4.78 is 0. The molecule has 0 amide bonds. The van der Waals surface area contributed by atoms with Crippen molar-refractivity contribution in [2.24, 2.45) is 0 Å². The van der Waals surface area contributed by atoms with Crippen LogP contribution < -0.4 is 0 Å². The van der Waals surface area contributed by atoms with Crippen LogP contribution in [0, 0.1) is 0 Å². The van der Waals surface area contributed by atoms with Crippen LogP contribution >= 0.6 is 0 Å². The molecule has 0 bridgehead atoms. The van der Waals surface area contributed by atoms with Crippen molar-refractivity contribution in [1.29, 1.82) is 0 Å². The number of carboxylic acid groups (broad SMARTS) is 2. The summed E-state index contributed by atoms with van der Waals surface area (Å²) in [5, 5.41) is 16.7. The highest BCUT2D eigenvalue weighted by Gasteiger charge is 1.98. The molecule has 24 heavy (non-hydrogen) atoms. The molecule has 0 aliphatic carbocycles. The topological polar surface area (TPSA) is 74.6 Å². The Bertz CT molecular complexity index is 409. The van der Waals surface area contributed by atoms with E-state index < -0.39 is 11.9 Å². The molecule has 0 radical (unpaired) electrons. The maximum absolute atomic E-state index is 10.1. The number of hydrogen-bond donors (Lipinski definition) is 2. The zero-order valence-electron chi connectivity index (χ0n) is 14.9. The molecular formula is C20H32O4. The van der Waals surface area contributed by atoms with E-state index in [1.807, 2.05) is 0 Å². The third-order valence-electron chi connectivity index (χ3n) is 3.69. The van der Waals surface area contributed by atoms with Crippen molar-refractivity contribution in [1.82, 2.24) is 0 Å². The van der Waals surface area contributed by atoms with Crippen molar-refractivity contribution in [3.63, 3.8) is 0 Å². The van der Waals surface area contributed by atoms with Gasteiger partial charge in [0.25, 0.3) is 0 Å². The lowest BCUT2D eigenvalue weighted by molar-refractivity contribution is -0.138. The molecule has 0 unspecified atom stereocenters. The van der Waals surface area contributed by atoms with Gasteiger partial charge in [-0.3, -0.25) is 9.59 Å².